The molecule has 0 spiro atoms. The Morgan fingerprint density at radius 3 is 2.91 bits per heavy atom. The fourth-order valence-electron chi connectivity index (χ4n) is 1.89. The van der Waals surface area contributed by atoms with E-state index in [4.69, 9.17) is 4.74 Å². The van der Waals surface area contributed by atoms with E-state index in [1.54, 1.807) is 18.4 Å². The average Bonchev–Trinajstić information content (AvgIpc) is 3.20. The highest BCUT2D eigenvalue weighted by Gasteiger charge is 2.20. The summed E-state index contributed by atoms with van der Waals surface area (Å²) in [5.41, 5.74) is 1.03. The van der Waals surface area contributed by atoms with Gasteiger partial charge >= 0.3 is 0 Å². The van der Waals surface area contributed by atoms with Gasteiger partial charge in [-0.05, 0) is 25.2 Å². The highest BCUT2D eigenvalue weighted by molar-refractivity contribution is 7.13. The van der Waals surface area contributed by atoms with Gasteiger partial charge in [0, 0.05) is 46.3 Å². The lowest BCUT2D eigenvalue weighted by Gasteiger charge is -2.11. The summed E-state index contributed by atoms with van der Waals surface area (Å²) in [4.78, 5) is 10.8. The van der Waals surface area contributed by atoms with Gasteiger partial charge in [-0.2, -0.15) is 0 Å². The van der Waals surface area contributed by atoms with Crippen LogP contribution in [0.1, 0.15) is 25.0 Å². The van der Waals surface area contributed by atoms with E-state index < -0.39 is 0 Å². The van der Waals surface area contributed by atoms with Crippen molar-refractivity contribution in [1.29, 1.82) is 0 Å². The van der Waals surface area contributed by atoms with Gasteiger partial charge in [0.1, 0.15) is 0 Å². The number of nitrogens with one attached hydrogen (secondary N) is 2. The molecule has 1 aliphatic carbocycles. The Kier molecular flexibility index (Phi) is 6.92. The quantitative estimate of drug-likeness (QED) is 0.411. The SMILES string of the molecule is CN=C(NCCCOCC1CC1)NCc1csc(N(C)C)n1. The molecule has 1 fully saturated rings. The van der Waals surface area contributed by atoms with Gasteiger partial charge in [0.2, 0.25) is 0 Å². The molecule has 0 aromatic carbocycles. The molecule has 7 heteroatoms. The molecule has 1 aromatic heterocycles. The van der Waals surface area contributed by atoms with Crippen molar-refractivity contribution >= 4 is 22.4 Å². The molecule has 1 aliphatic rings. The maximum Gasteiger partial charge on any atom is 0.191 e. The van der Waals surface area contributed by atoms with Gasteiger partial charge < -0.3 is 20.3 Å². The summed E-state index contributed by atoms with van der Waals surface area (Å²) in [5.74, 6) is 1.65. The summed E-state index contributed by atoms with van der Waals surface area (Å²) in [6.45, 7) is 3.30. The molecule has 22 heavy (non-hydrogen) atoms. The van der Waals surface area contributed by atoms with Crippen molar-refractivity contribution < 1.29 is 4.74 Å². The second-order valence-electron chi connectivity index (χ2n) is 5.74. The first kappa shape index (κ1) is 17.0. The summed E-state index contributed by atoms with van der Waals surface area (Å²) in [6.07, 6.45) is 3.69. The molecule has 0 amide bonds. The third-order valence-corrected chi connectivity index (χ3v) is 4.45. The van der Waals surface area contributed by atoms with Crippen LogP contribution in [0.25, 0.3) is 0 Å². The van der Waals surface area contributed by atoms with Crippen molar-refractivity contribution in [1.82, 2.24) is 15.6 Å². The van der Waals surface area contributed by atoms with E-state index in [1.807, 2.05) is 19.0 Å². The van der Waals surface area contributed by atoms with Crippen LogP contribution in [-0.2, 0) is 11.3 Å². The predicted molar refractivity (Wildman–Crippen MR) is 92.8 cm³/mol. The fraction of sp³-hybridized carbons (Fsp3) is 0.733. The van der Waals surface area contributed by atoms with Crippen LogP contribution < -0.4 is 15.5 Å². The Morgan fingerprint density at radius 2 is 2.27 bits per heavy atom. The summed E-state index contributed by atoms with van der Waals surface area (Å²) >= 11 is 1.65. The van der Waals surface area contributed by atoms with Gasteiger partial charge in [0.15, 0.2) is 11.1 Å². The van der Waals surface area contributed by atoms with Crippen molar-refractivity contribution in [3.05, 3.63) is 11.1 Å². The molecule has 0 radical (unpaired) electrons. The second-order valence-corrected chi connectivity index (χ2v) is 6.58. The van der Waals surface area contributed by atoms with Crippen LogP contribution in [0.4, 0.5) is 5.13 Å². The summed E-state index contributed by atoms with van der Waals surface area (Å²) in [6, 6.07) is 0. The van der Waals surface area contributed by atoms with Crippen molar-refractivity contribution in [2.24, 2.45) is 10.9 Å². The molecule has 2 rings (SSSR count). The number of rotatable bonds is 9. The molecular formula is C15H27N5OS. The standard InChI is InChI=1S/C15H27N5OS/c1-16-14(17-7-4-8-21-10-12-5-6-12)18-9-13-11-22-15(19-13)20(2)3/h11-12H,4-10H2,1-3H3,(H2,16,17,18). The third-order valence-electron chi connectivity index (χ3n) is 3.39. The van der Waals surface area contributed by atoms with Crippen LogP contribution in [0.5, 0.6) is 0 Å². The fourth-order valence-corrected chi connectivity index (χ4v) is 2.65. The number of thiazole rings is 1. The zero-order chi connectivity index (χ0) is 15.8. The molecule has 124 valence electrons. The summed E-state index contributed by atoms with van der Waals surface area (Å²) in [7, 11) is 5.79. The topological polar surface area (TPSA) is 61.8 Å². The maximum atomic E-state index is 5.61. The van der Waals surface area contributed by atoms with Gasteiger partial charge in [-0.25, -0.2) is 4.98 Å². The molecule has 1 heterocycles. The molecule has 6 nitrogen and oxygen atoms in total. The number of guanidine groups is 1. The van der Waals surface area contributed by atoms with E-state index in [9.17, 15) is 0 Å². The van der Waals surface area contributed by atoms with Gasteiger partial charge in [-0.1, -0.05) is 0 Å². The molecular weight excluding hydrogens is 298 g/mol. The van der Waals surface area contributed by atoms with Crippen LogP contribution in [0.15, 0.2) is 10.4 Å². The Balaban J connectivity index is 1.57. The van der Waals surface area contributed by atoms with Gasteiger partial charge in [-0.15, -0.1) is 11.3 Å². The van der Waals surface area contributed by atoms with Crippen molar-refractivity contribution in [2.45, 2.75) is 25.8 Å². The second kappa shape index (κ2) is 8.95. The monoisotopic (exact) mass is 325 g/mol. The Bertz CT molecular complexity index is 470. The number of nitrogens with zero attached hydrogens (tertiary/aromatic N) is 3. The van der Waals surface area contributed by atoms with E-state index >= 15 is 0 Å². The number of hydrogen-bond acceptors (Lipinski definition) is 5. The largest absolute Gasteiger partial charge is 0.381 e. The number of aliphatic imine (C=N–C) groups is 1. The predicted octanol–water partition coefficient (Wildman–Crippen LogP) is 1.69. The Labute approximate surface area is 137 Å². The van der Waals surface area contributed by atoms with E-state index in [2.05, 4.69) is 26.0 Å². The highest BCUT2D eigenvalue weighted by Crippen LogP contribution is 2.28. The van der Waals surface area contributed by atoms with Crippen molar-refractivity contribution in [2.75, 3.05) is 45.8 Å². The molecule has 0 atom stereocenters. The first-order chi connectivity index (χ1) is 10.7. The van der Waals surface area contributed by atoms with E-state index in [1.165, 1.54) is 12.8 Å². The van der Waals surface area contributed by atoms with Crippen LogP contribution >= 0.6 is 11.3 Å². The molecule has 0 unspecified atom stereocenters. The van der Waals surface area contributed by atoms with E-state index in [-0.39, 0.29) is 0 Å². The molecule has 0 aliphatic heterocycles. The molecule has 1 aromatic rings. The first-order valence-corrected chi connectivity index (χ1v) is 8.71. The summed E-state index contributed by atoms with van der Waals surface area (Å²) < 4.78 is 5.61. The first-order valence-electron chi connectivity index (χ1n) is 7.83. The van der Waals surface area contributed by atoms with Crippen LogP contribution in [0.3, 0.4) is 0 Å². The molecule has 0 saturated heterocycles. The normalized spacial score (nSPS) is 15.0. The zero-order valence-electron chi connectivity index (χ0n) is 13.8. The van der Waals surface area contributed by atoms with E-state index in [0.29, 0.717) is 6.54 Å². The average molecular weight is 325 g/mol. The van der Waals surface area contributed by atoms with Crippen LogP contribution in [-0.4, -0.2) is 51.8 Å². The lowest BCUT2D eigenvalue weighted by atomic mass is 10.4. The lowest BCUT2D eigenvalue weighted by Crippen LogP contribution is -2.37. The number of aromatic nitrogens is 1. The smallest absolute Gasteiger partial charge is 0.191 e. The molecule has 1 saturated carbocycles. The van der Waals surface area contributed by atoms with Crippen molar-refractivity contribution in [3.8, 4) is 0 Å². The maximum absolute atomic E-state index is 5.61. The molecule has 0 bridgehead atoms. The van der Waals surface area contributed by atoms with Crippen LogP contribution in [0.2, 0.25) is 0 Å². The summed E-state index contributed by atoms with van der Waals surface area (Å²) in [5, 5.41) is 9.67. The highest BCUT2D eigenvalue weighted by atomic mass is 32.1. The zero-order valence-corrected chi connectivity index (χ0v) is 14.6. The van der Waals surface area contributed by atoms with E-state index in [0.717, 1.165) is 48.9 Å². The minimum atomic E-state index is 0.683. The van der Waals surface area contributed by atoms with Gasteiger partial charge in [-0.3, -0.25) is 4.99 Å². The van der Waals surface area contributed by atoms with Gasteiger partial charge in [0.05, 0.1) is 12.2 Å². The Morgan fingerprint density at radius 1 is 1.45 bits per heavy atom. The lowest BCUT2D eigenvalue weighted by molar-refractivity contribution is 0.123. The van der Waals surface area contributed by atoms with Crippen LogP contribution in [0, 0.1) is 5.92 Å². The minimum Gasteiger partial charge on any atom is -0.381 e. The number of anilines is 1. The van der Waals surface area contributed by atoms with Gasteiger partial charge in [0.25, 0.3) is 0 Å². The third kappa shape index (κ3) is 6.19. The number of hydrogen-bond donors (Lipinski definition) is 2. The minimum absolute atomic E-state index is 0.683. The number of ether oxygens (including phenoxy) is 1. The van der Waals surface area contributed by atoms with Crippen molar-refractivity contribution in [3.63, 3.8) is 0 Å². The molecule has 2 N–H and O–H groups in total. The Hall–Kier alpha value is -1.34.